The Morgan fingerprint density at radius 2 is 1.80 bits per heavy atom. The van der Waals surface area contributed by atoms with Crippen molar-refractivity contribution in [1.29, 1.82) is 0 Å². The molecule has 0 atom stereocenters. The lowest BCUT2D eigenvalue weighted by Gasteiger charge is -2.08. The van der Waals surface area contributed by atoms with Crippen molar-refractivity contribution >= 4 is 22.9 Å². The minimum atomic E-state index is -0.860. The highest BCUT2D eigenvalue weighted by Gasteiger charge is 2.15. The molecule has 1 N–H and O–H groups in total. The number of anilines is 1. The van der Waals surface area contributed by atoms with Gasteiger partial charge < -0.3 is 10.1 Å². The van der Waals surface area contributed by atoms with Gasteiger partial charge in [0.25, 0.3) is 5.91 Å². The molecule has 1 heterocycles. The molecule has 0 saturated heterocycles. The van der Waals surface area contributed by atoms with Gasteiger partial charge >= 0.3 is 0 Å². The number of methoxy groups -OCH3 is 1. The quantitative estimate of drug-likeness (QED) is 0.933. The lowest BCUT2D eigenvalue weighted by molar-refractivity contribution is 0.102. The number of carbonyl (C=O) groups excluding carboxylic acids is 1. The number of hydrogen-bond donors (Lipinski definition) is 1. The molecule has 1 aromatic heterocycles. The molecular formula is C14H13F2NO2S. The number of nitrogens with one attached hydrogen (secondary N) is 1. The van der Waals surface area contributed by atoms with E-state index >= 15 is 0 Å². The summed E-state index contributed by atoms with van der Waals surface area (Å²) < 4.78 is 31.6. The van der Waals surface area contributed by atoms with Gasteiger partial charge in [-0.2, -0.15) is 0 Å². The second-order valence-electron chi connectivity index (χ2n) is 4.25. The van der Waals surface area contributed by atoms with Crippen LogP contribution >= 0.6 is 11.3 Å². The molecule has 0 fully saturated rings. The second kappa shape index (κ2) is 5.58. The second-order valence-corrected chi connectivity index (χ2v) is 5.71. The summed E-state index contributed by atoms with van der Waals surface area (Å²) >= 11 is 1.49. The standard InChI is InChI=1S/C14H13F2NO2S/c1-7-4-10(8(2)20-7)14(18)17-9-5-11(15)13(19-3)12(16)6-9/h4-6H,1-3H3,(H,17,18). The summed E-state index contributed by atoms with van der Waals surface area (Å²) in [4.78, 5) is 13.9. The van der Waals surface area contributed by atoms with E-state index in [2.05, 4.69) is 10.1 Å². The number of aryl methyl sites for hydroxylation is 2. The maximum Gasteiger partial charge on any atom is 0.256 e. The van der Waals surface area contributed by atoms with Crippen molar-refractivity contribution in [3.8, 4) is 5.75 Å². The first-order valence-electron chi connectivity index (χ1n) is 5.83. The lowest BCUT2D eigenvalue weighted by atomic mass is 10.2. The van der Waals surface area contributed by atoms with Crippen molar-refractivity contribution in [3.63, 3.8) is 0 Å². The van der Waals surface area contributed by atoms with Crippen LogP contribution in [-0.4, -0.2) is 13.0 Å². The van der Waals surface area contributed by atoms with Crippen molar-refractivity contribution in [2.75, 3.05) is 12.4 Å². The lowest BCUT2D eigenvalue weighted by Crippen LogP contribution is -2.12. The molecule has 6 heteroatoms. The number of halogens is 2. The minimum absolute atomic E-state index is 0.0500. The number of hydrogen-bond acceptors (Lipinski definition) is 3. The predicted molar refractivity (Wildman–Crippen MR) is 74.7 cm³/mol. The zero-order chi connectivity index (χ0) is 14.9. The molecule has 2 rings (SSSR count). The summed E-state index contributed by atoms with van der Waals surface area (Å²) in [5.74, 6) is -2.58. The van der Waals surface area contributed by atoms with Crippen molar-refractivity contribution in [3.05, 3.63) is 45.2 Å². The van der Waals surface area contributed by atoms with Crippen LogP contribution < -0.4 is 10.1 Å². The number of carbonyl (C=O) groups is 1. The molecular weight excluding hydrogens is 284 g/mol. The third kappa shape index (κ3) is 2.80. The van der Waals surface area contributed by atoms with E-state index in [0.717, 1.165) is 21.9 Å². The maximum atomic E-state index is 13.5. The summed E-state index contributed by atoms with van der Waals surface area (Å²) in [5, 5.41) is 2.48. The van der Waals surface area contributed by atoms with Crippen LogP contribution in [0.4, 0.5) is 14.5 Å². The van der Waals surface area contributed by atoms with E-state index in [1.807, 2.05) is 13.8 Å². The van der Waals surface area contributed by atoms with Gasteiger partial charge in [0, 0.05) is 27.6 Å². The van der Waals surface area contributed by atoms with Gasteiger partial charge in [0.15, 0.2) is 17.4 Å². The van der Waals surface area contributed by atoms with Gasteiger partial charge in [0.2, 0.25) is 0 Å². The van der Waals surface area contributed by atoms with Crippen LogP contribution in [0.15, 0.2) is 18.2 Å². The summed E-state index contributed by atoms with van der Waals surface area (Å²) in [5.41, 5.74) is 0.554. The fourth-order valence-corrected chi connectivity index (χ4v) is 2.80. The summed E-state index contributed by atoms with van der Waals surface area (Å²) in [6, 6.07) is 3.79. The first-order valence-corrected chi connectivity index (χ1v) is 6.65. The van der Waals surface area contributed by atoms with E-state index in [1.54, 1.807) is 6.07 Å². The zero-order valence-electron chi connectivity index (χ0n) is 11.2. The largest absolute Gasteiger partial charge is 0.491 e. The average molecular weight is 297 g/mol. The SMILES string of the molecule is COc1c(F)cc(NC(=O)c2cc(C)sc2C)cc1F. The summed E-state index contributed by atoms with van der Waals surface area (Å²) in [6.07, 6.45) is 0. The predicted octanol–water partition coefficient (Wildman–Crippen LogP) is 3.90. The number of ether oxygens (including phenoxy) is 1. The number of thiophene rings is 1. The van der Waals surface area contributed by atoms with E-state index in [4.69, 9.17) is 0 Å². The van der Waals surface area contributed by atoms with Crippen LogP contribution in [0.5, 0.6) is 5.75 Å². The number of rotatable bonds is 3. The molecule has 106 valence electrons. The first kappa shape index (κ1) is 14.5. The Morgan fingerprint density at radius 1 is 1.20 bits per heavy atom. The smallest absolute Gasteiger partial charge is 0.256 e. The van der Waals surface area contributed by atoms with E-state index < -0.39 is 23.3 Å². The third-order valence-electron chi connectivity index (χ3n) is 2.75. The average Bonchev–Trinajstić information content (AvgIpc) is 2.68. The van der Waals surface area contributed by atoms with Gasteiger partial charge in [-0.25, -0.2) is 8.78 Å². The van der Waals surface area contributed by atoms with Gasteiger partial charge in [0.05, 0.1) is 12.7 Å². The Balaban J connectivity index is 2.26. The van der Waals surface area contributed by atoms with Crippen molar-refractivity contribution in [2.24, 2.45) is 0 Å². The Kier molecular flexibility index (Phi) is 4.04. The molecule has 0 unspecified atom stereocenters. The van der Waals surface area contributed by atoms with Gasteiger partial charge in [0.1, 0.15) is 0 Å². The number of benzene rings is 1. The zero-order valence-corrected chi connectivity index (χ0v) is 12.0. The Labute approximate surface area is 119 Å². The molecule has 0 bridgehead atoms. The Bertz CT molecular complexity index is 644. The maximum absolute atomic E-state index is 13.5. The molecule has 0 aliphatic carbocycles. The van der Waals surface area contributed by atoms with E-state index in [-0.39, 0.29) is 5.69 Å². The van der Waals surface area contributed by atoms with E-state index in [9.17, 15) is 13.6 Å². The molecule has 20 heavy (non-hydrogen) atoms. The van der Waals surface area contributed by atoms with E-state index in [1.165, 1.54) is 18.4 Å². The molecule has 0 radical (unpaired) electrons. The Hall–Kier alpha value is -1.95. The highest BCUT2D eigenvalue weighted by molar-refractivity contribution is 7.12. The van der Waals surface area contributed by atoms with Crippen LogP contribution in [0.3, 0.4) is 0 Å². The molecule has 1 amide bonds. The molecule has 0 aliphatic rings. The normalized spacial score (nSPS) is 10.4. The van der Waals surface area contributed by atoms with Gasteiger partial charge in [-0.1, -0.05) is 0 Å². The van der Waals surface area contributed by atoms with Crippen LogP contribution in [0.1, 0.15) is 20.1 Å². The van der Waals surface area contributed by atoms with Crippen molar-refractivity contribution in [1.82, 2.24) is 0 Å². The van der Waals surface area contributed by atoms with Crippen molar-refractivity contribution < 1.29 is 18.3 Å². The molecule has 2 aromatic rings. The van der Waals surface area contributed by atoms with Crippen LogP contribution in [0.2, 0.25) is 0 Å². The molecule has 0 spiro atoms. The topological polar surface area (TPSA) is 38.3 Å². The molecule has 0 aliphatic heterocycles. The Morgan fingerprint density at radius 3 is 2.25 bits per heavy atom. The monoisotopic (exact) mass is 297 g/mol. The van der Waals surface area contributed by atoms with Crippen LogP contribution in [-0.2, 0) is 0 Å². The summed E-state index contributed by atoms with van der Waals surface area (Å²) in [6.45, 7) is 3.71. The van der Waals surface area contributed by atoms with Crippen LogP contribution in [0.25, 0.3) is 0 Å². The fourth-order valence-electron chi connectivity index (χ4n) is 1.88. The molecule has 3 nitrogen and oxygen atoms in total. The fraction of sp³-hybridized carbons (Fsp3) is 0.214. The van der Waals surface area contributed by atoms with Gasteiger partial charge in [-0.05, 0) is 19.9 Å². The number of amides is 1. The summed E-state index contributed by atoms with van der Waals surface area (Å²) in [7, 11) is 1.18. The highest BCUT2D eigenvalue weighted by Crippen LogP contribution is 2.26. The molecule has 1 aromatic carbocycles. The highest BCUT2D eigenvalue weighted by atomic mass is 32.1. The first-order chi connectivity index (χ1) is 9.42. The van der Waals surface area contributed by atoms with Gasteiger partial charge in [-0.3, -0.25) is 4.79 Å². The van der Waals surface area contributed by atoms with Crippen molar-refractivity contribution in [2.45, 2.75) is 13.8 Å². The third-order valence-corrected chi connectivity index (χ3v) is 3.71. The minimum Gasteiger partial charge on any atom is -0.491 e. The van der Waals surface area contributed by atoms with Crippen LogP contribution in [0, 0.1) is 25.5 Å². The molecule has 0 saturated carbocycles. The van der Waals surface area contributed by atoms with E-state index in [0.29, 0.717) is 5.56 Å². The van der Waals surface area contributed by atoms with Gasteiger partial charge in [-0.15, -0.1) is 11.3 Å².